The van der Waals surface area contributed by atoms with Crippen LogP contribution in [0, 0.1) is 0 Å². The van der Waals surface area contributed by atoms with Gasteiger partial charge in [-0.1, -0.05) is 113 Å². The highest BCUT2D eigenvalue weighted by Crippen LogP contribution is 2.38. The Morgan fingerprint density at radius 2 is 0.697 bits per heavy atom. The van der Waals surface area contributed by atoms with Gasteiger partial charge in [-0.25, -0.2) is 14.4 Å². The number of para-hydroxylation sites is 9. The van der Waals surface area contributed by atoms with Crippen molar-refractivity contribution in [3.05, 3.63) is 178 Å². The Kier molecular flexibility index (Phi) is 30.5. The van der Waals surface area contributed by atoms with Crippen LogP contribution in [0.2, 0.25) is 20.1 Å². The first-order chi connectivity index (χ1) is 52.8. The molecule has 3 saturated heterocycles. The lowest BCUT2D eigenvalue weighted by Gasteiger charge is -2.43. The maximum Gasteiger partial charge on any atom is 0.319 e. The summed E-state index contributed by atoms with van der Waals surface area (Å²) >= 11 is 24.4. The van der Waals surface area contributed by atoms with Crippen LogP contribution in [0.15, 0.2) is 158 Å². The predicted octanol–water partition coefficient (Wildman–Crippen LogP) is 18.6. The minimum Gasteiger partial charge on any atom is -0.495 e. The topological polar surface area (TPSA) is 189 Å². The van der Waals surface area contributed by atoms with E-state index in [4.69, 9.17) is 70.1 Å². The van der Waals surface area contributed by atoms with E-state index in [2.05, 4.69) is 157 Å². The van der Waals surface area contributed by atoms with Crippen LogP contribution in [0.25, 0.3) is 0 Å². The Hall–Kier alpha value is -8.21. The monoisotopic (exact) mass is 1570 g/mol. The average Bonchev–Trinajstić information content (AvgIpc) is 0.839. The van der Waals surface area contributed by atoms with Crippen LogP contribution in [-0.2, 0) is 0 Å². The quantitative estimate of drug-likeness (QED) is 0.0399. The summed E-state index contributed by atoms with van der Waals surface area (Å²) in [4.78, 5) is 53.1. The fourth-order valence-electron chi connectivity index (χ4n) is 15.7. The number of nitrogens with one attached hydrogen (secondary N) is 6. The minimum absolute atomic E-state index is 0.137. The number of hydrogen-bond acceptors (Lipinski definition) is 14. The van der Waals surface area contributed by atoms with Gasteiger partial charge in [-0.2, -0.15) is 0 Å². The highest BCUT2D eigenvalue weighted by Gasteiger charge is 2.34. The summed E-state index contributed by atoms with van der Waals surface area (Å²) in [6.45, 7) is 24.7. The van der Waals surface area contributed by atoms with Crippen LogP contribution in [0.3, 0.4) is 0 Å². The normalized spacial score (nSPS) is 20.7. The number of piperazine rings is 3. The number of benzene rings is 7. The fourth-order valence-corrected chi connectivity index (χ4v) is 16.8. The molecule has 6 aliphatic rings. The third-order valence-corrected chi connectivity index (χ3v) is 22.1. The summed E-state index contributed by atoms with van der Waals surface area (Å²) in [5, 5.41) is 19.6. The molecule has 3 heterocycles. The first-order valence-corrected chi connectivity index (χ1v) is 40.6. The van der Waals surface area contributed by atoms with E-state index in [1.165, 1.54) is 17.1 Å². The summed E-state index contributed by atoms with van der Waals surface area (Å²) in [7, 11) is 1.58. The molecule has 3 saturated carbocycles. The van der Waals surface area contributed by atoms with Gasteiger partial charge in [-0.15, -0.1) is 0 Å². The molecule has 6 amide bonds. The van der Waals surface area contributed by atoms with Crippen molar-refractivity contribution in [2.24, 2.45) is 0 Å². The summed E-state index contributed by atoms with van der Waals surface area (Å²) in [5.74, 6) is 4.85. The number of anilines is 6. The summed E-state index contributed by atoms with van der Waals surface area (Å²) in [5.41, 5.74) is 5.18. The van der Waals surface area contributed by atoms with Crippen molar-refractivity contribution in [3.8, 4) is 34.5 Å². The maximum absolute atomic E-state index is 12.8. The lowest BCUT2D eigenvalue weighted by atomic mass is 9.90. The van der Waals surface area contributed by atoms with Gasteiger partial charge in [0.15, 0.2) is 5.75 Å². The number of carbonyl (C=O) groups excluding carboxylic acids is 3. The molecule has 6 N–H and O–H groups in total. The maximum atomic E-state index is 12.8. The number of amides is 6. The van der Waals surface area contributed by atoms with Gasteiger partial charge in [0.05, 0.1) is 69.6 Å². The van der Waals surface area contributed by atoms with Gasteiger partial charge in [-0.05, 0) is 210 Å². The predicted molar refractivity (Wildman–Crippen MR) is 445 cm³/mol. The lowest BCUT2D eigenvalue weighted by Crippen LogP contribution is -2.52. The minimum atomic E-state index is -0.296. The second-order valence-electron chi connectivity index (χ2n) is 29.8. The Morgan fingerprint density at radius 1 is 0.358 bits per heavy atom. The molecule has 3 aliphatic heterocycles. The number of carbonyl (C=O) groups is 3. The van der Waals surface area contributed by atoms with Gasteiger partial charge in [-0.3, -0.25) is 14.7 Å². The Balaban J connectivity index is 0.000000163. The highest BCUT2D eigenvalue weighted by molar-refractivity contribution is 6.42. The van der Waals surface area contributed by atoms with Crippen molar-refractivity contribution in [2.75, 3.05) is 116 Å². The molecule has 24 heteroatoms. The molecule has 0 atom stereocenters. The lowest BCUT2D eigenvalue weighted by molar-refractivity contribution is 0.137. The molecular weight excluding hydrogens is 1460 g/mol. The van der Waals surface area contributed by atoms with Crippen molar-refractivity contribution >= 4 is 98.6 Å². The summed E-state index contributed by atoms with van der Waals surface area (Å²) < 4.78 is 29.4. The Morgan fingerprint density at radius 3 is 1.07 bits per heavy atom. The molecule has 0 spiro atoms. The number of nitrogens with zero attached hydrogens (tertiary/aromatic N) is 6. The van der Waals surface area contributed by atoms with Crippen LogP contribution < -0.4 is 70.3 Å². The second kappa shape index (κ2) is 40.6. The standard InChI is InChI=1S/C32H40N4O3.C27H37ClN4O3.C26H33Cl3N4O2/c1-24(2)38-31-15-9-7-13-29(31)36-22-20-35(21-23-36)26-18-16-25(17-19-26)33-32(37)34-28-12-6-8-14-30(28)39-27-10-4-3-5-11-27;1-19(2)35-26-7-5-4-6-24(26)32-16-14-31(15-17-32)22-11-9-21(10-12-22)29-27(33)30-23-18-20(28)8-13-25(23)34-3;1-17(2)35-24-6-4-3-5-23(24)33-13-11-32(12-14-33)20-9-7-19(8-10-20)30-26(34)31-25-21(28)15-18(27)16-22(25)29/h3-15,24-26H,16-23H2,1-2H3,(H2,33,34,37);4-8,13,18-19,21-22H,9-12,14-17H2,1-3H3,(H2,29,30,33);3-6,15-17,19-20H,7-14H2,1-2H3,(H2,30,31,34). The zero-order valence-electron chi connectivity index (χ0n) is 64.1. The van der Waals surface area contributed by atoms with Crippen LogP contribution >= 0.6 is 46.4 Å². The molecule has 0 radical (unpaired) electrons. The van der Waals surface area contributed by atoms with Crippen LogP contribution in [0.5, 0.6) is 34.5 Å². The Labute approximate surface area is 665 Å². The van der Waals surface area contributed by atoms with Gasteiger partial charge >= 0.3 is 18.1 Å². The van der Waals surface area contributed by atoms with Crippen molar-refractivity contribution in [1.82, 2.24) is 30.7 Å². The number of rotatable bonds is 21. The zero-order valence-corrected chi connectivity index (χ0v) is 67.2. The van der Waals surface area contributed by atoms with Crippen molar-refractivity contribution in [2.45, 2.75) is 173 Å². The van der Waals surface area contributed by atoms with Crippen molar-refractivity contribution < 1.29 is 38.1 Å². The molecule has 0 unspecified atom stereocenters. The van der Waals surface area contributed by atoms with E-state index in [9.17, 15) is 14.4 Å². The number of ether oxygens (including phenoxy) is 5. The first kappa shape index (κ1) is 81.8. The van der Waals surface area contributed by atoms with E-state index in [1.807, 2.05) is 72.8 Å². The number of hydrogen-bond donors (Lipinski definition) is 6. The van der Waals surface area contributed by atoms with E-state index in [1.54, 1.807) is 37.4 Å². The molecule has 7 aromatic rings. The van der Waals surface area contributed by atoms with E-state index in [0.29, 0.717) is 66.8 Å². The third kappa shape index (κ3) is 24.1. The summed E-state index contributed by atoms with van der Waals surface area (Å²) in [6, 6.07) is 52.0. The van der Waals surface area contributed by atoms with Crippen molar-refractivity contribution in [3.63, 3.8) is 0 Å². The molecule has 0 aromatic heterocycles. The molecule has 0 bridgehead atoms. The first-order valence-electron chi connectivity index (χ1n) is 39.0. The molecule has 13 rings (SSSR count). The molecule has 586 valence electrons. The largest absolute Gasteiger partial charge is 0.495 e. The molecule has 20 nitrogen and oxygen atoms in total. The Bertz CT molecular complexity index is 4000. The molecule has 3 aliphatic carbocycles. The van der Waals surface area contributed by atoms with E-state index < -0.39 is 0 Å². The van der Waals surface area contributed by atoms with Crippen molar-refractivity contribution in [1.29, 1.82) is 0 Å². The smallest absolute Gasteiger partial charge is 0.319 e. The van der Waals surface area contributed by atoms with Crippen LogP contribution in [0.1, 0.15) is 119 Å². The van der Waals surface area contributed by atoms with E-state index in [-0.39, 0.29) is 54.5 Å². The van der Waals surface area contributed by atoms with Crippen LogP contribution in [0.4, 0.5) is 48.5 Å². The summed E-state index contributed by atoms with van der Waals surface area (Å²) in [6.07, 6.45) is 12.9. The zero-order chi connectivity index (χ0) is 76.8. The number of urea groups is 3. The molecule has 6 fully saturated rings. The number of halogens is 4. The SMILES string of the molecule is CC(C)Oc1ccccc1N1CCN(C2CCC(NC(=O)Nc3c(Cl)cc(Cl)cc3Cl)CC2)CC1.CC(C)Oc1ccccc1N1CCN(C2CCC(NC(=O)Nc3ccccc3Oc3ccccc3)CC2)CC1.COc1ccc(Cl)cc1NC(=O)NC1CCC(N2CCN(c3ccccc3OC(C)C)CC2)CC1. The van der Waals surface area contributed by atoms with Gasteiger partial charge < -0.3 is 70.3 Å². The number of methoxy groups -OCH3 is 1. The van der Waals surface area contributed by atoms with Gasteiger partial charge in [0.2, 0.25) is 0 Å². The molecular formula is C85H110Cl4N12O8. The van der Waals surface area contributed by atoms with Gasteiger partial charge in [0.25, 0.3) is 0 Å². The van der Waals surface area contributed by atoms with E-state index in [0.717, 1.165) is 179 Å². The van der Waals surface area contributed by atoms with Gasteiger partial charge in [0.1, 0.15) is 28.7 Å². The molecule has 109 heavy (non-hydrogen) atoms. The highest BCUT2D eigenvalue weighted by atomic mass is 35.5. The second-order valence-corrected chi connectivity index (χ2v) is 31.5. The van der Waals surface area contributed by atoms with Gasteiger partial charge in [0, 0.05) is 125 Å². The van der Waals surface area contributed by atoms with E-state index >= 15 is 0 Å². The van der Waals surface area contributed by atoms with Crippen LogP contribution in [-0.4, -0.2) is 173 Å². The molecule has 7 aromatic carbocycles. The average molecular weight is 1570 g/mol. The fraction of sp³-hybridized carbons (Fsp3) is 0.471. The third-order valence-electron chi connectivity index (χ3n) is 21.1.